The van der Waals surface area contributed by atoms with E-state index >= 15 is 0 Å². The maximum atomic E-state index is 11.9. The van der Waals surface area contributed by atoms with E-state index in [4.69, 9.17) is 0 Å². The van der Waals surface area contributed by atoms with Gasteiger partial charge in [0.15, 0.2) is 0 Å². The summed E-state index contributed by atoms with van der Waals surface area (Å²) in [4.78, 5) is 25.8. The number of nitrogens with zero attached hydrogens (tertiary/aromatic N) is 1. The average Bonchev–Trinajstić information content (AvgIpc) is 2.34. The molecule has 0 bridgehead atoms. The van der Waals surface area contributed by atoms with Crippen molar-refractivity contribution in [3.8, 4) is 0 Å². The molecule has 1 N–H and O–H groups in total. The molecule has 1 rings (SSSR count). The Labute approximate surface area is 123 Å². The van der Waals surface area contributed by atoms with Crippen LogP contribution in [0.1, 0.15) is 66.2 Å². The zero-order chi connectivity index (χ0) is 15.2. The van der Waals surface area contributed by atoms with Gasteiger partial charge in [-0.05, 0) is 24.7 Å². The molecule has 0 aromatic carbocycles. The van der Waals surface area contributed by atoms with E-state index in [0.29, 0.717) is 12.8 Å². The molecule has 1 aliphatic rings. The van der Waals surface area contributed by atoms with E-state index in [1.54, 1.807) is 0 Å². The van der Waals surface area contributed by atoms with Crippen molar-refractivity contribution in [2.75, 3.05) is 13.1 Å². The number of unbranched alkanes of at least 4 members (excludes halogenated alkanes) is 1. The first-order valence-electron chi connectivity index (χ1n) is 7.89. The normalized spacial score (nSPS) is 17.1. The number of hydrogen-bond acceptors (Lipinski definition) is 2. The van der Waals surface area contributed by atoms with Crippen molar-refractivity contribution in [1.82, 2.24) is 10.2 Å². The fourth-order valence-electron chi connectivity index (χ4n) is 2.52. The molecule has 0 spiro atoms. The maximum absolute atomic E-state index is 11.9. The van der Waals surface area contributed by atoms with Crippen LogP contribution < -0.4 is 5.32 Å². The van der Waals surface area contributed by atoms with Crippen molar-refractivity contribution < 1.29 is 9.59 Å². The maximum Gasteiger partial charge on any atom is 0.222 e. The van der Waals surface area contributed by atoms with Crippen LogP contribution in [-0.4, -0.2) is 35.8 Å². The van der Waals surface area contributed by atoms with Crippen LogP contribution in [0.2, 0.25) is 0 Å². The minimum absolute atomic E-state index is 0.0287. The van der Waals surface area contributed by atoms with Gasteiger partial charge in [0.1, 0.15) is 0 Å². The van der Waals surface area contributed by atoms with Gasteiger partial charge in [0.25, 0.3) is 0 Å². The largest absolute Gasteiger partial charge is 0.353 e. The van der Waals surface area contributed by atoms with Gasteiger partial charge in [0.05, 0.1) is 0 Å². The molecule has 1 fully saturated rings. The third-order valence-corrected chi connectivity index (χ3v) is 3.65. The number of carbonyl (C=O) groups is 2. The Balaban J connectivity index is 2.28. The lowest BCUT2D eigenvalue weighted by atomic mass is 9.91. The number of amides is 2. The van der Waals surface area contributed by atoms with E-state index in [9.17, 15) is 9.59 Å². The predicted molar refractivity (Wildman–Crippen MR) is 81.3 cm³/mol. The Morgan fingerprint density at radius 1 is 1.20 bits per heavy atom. The number of carbonyl (C=O) groups excluding carboxylic acids is 2. The minimum Gasteiger partial charge on any atom is -0.353 e. The monoisotopic (exact) mass is 282 g/mol. The van der Waals surface area contributed by atoms with Gasteiger partial charge in [-0.3, -0.25) is 9.59 Å². The van der Waals surface area contributed by atoms with Crippen LogP contribution in [0.15, 0.2) is 0 Å². The molecule has 0 radical (unpaired) electrons. The highest BCUT2D eigenvalue weighted by atomic mass is 16.2. The van der Waals surface area contributed by atoms with Crippen molar-refractivity contribution in [3.63, 3.8) is 0 Å². The van der Waals surface area contributed by atoms with Gasteiger partial charge in [-0.15, -0.1) is 0 Å². The lowest BCUT2D eigenvalue weighted by molar-refractivity contribution is -0.132. The van der Waals surface area contributed by atoms with Crippen molar-refractivity contribution in [2.24, 2.45) is 5.41 Å². The number of rotatable bonds is 5. The summed E-state index contributed by atoms with van der Waals surface area (Å²) in [6, 6.07) is 0.236. The Morgan fingerprint density at radius 2 is 1.80 bits per heavy atom. The second-order valence-electron chi connectivity index (χ2n) is 7.06. The molecule has 0 atom stereocenters. The molecular formula is C16H30N2O2. The van der Waals surface area contributed by atoms with E-state index < -0.39 is 0 Å². The summed E-state index contributed by atoms with van der Waals surface area (Å²) in [5.41, 5.74) is 0.0287. The average molecular weight is 282 g/mol. The van der Waals surface area contributed by atoms with Crippen LogP contribution in [0, 0.1) is 5.41 Å². The third-order valence-electron chi connectivity index (χ3n) is 3.65. The number of nitrogens with one attached hydrogen (secondary N) is 1. The van der Waals surface area contributed by atoms with Crippen LogP contribution >= 0.6 is 0 Å². The minimum atomic E-state index is 0.0287. The van der Waals surface area contributed by atoms with Crippen LogP contribution in [0.5, 0.6) is 0 Å². The van der Waals surface area contributed by atoms with Gasteiger partial charge in [-0.2, -0.15) is 0 Å². The van der Waals surface area contributed by atoms with Gasteiger partial charge in [-0.25, -0.2) is 0 Å². The highest BCUT2D eigenvalue weighted by Gasteiger charge is 2.24. The van der Waals surface area contributed by atoms with Crippen LogP contribution in [0.25, 0.3) is 0 Å². The summed E-state index contributed by atoms with van der Waals surface area (Å²) < 4.78 is 0. The summed E-state index contributed by atoms with van der Waals surface area (Å²) in [6.45, 7) is 9.88. The van der Waals surface area contributed by atoms with Gasteiger partial charge >= 0.3 is 0 Å². The second kappa shape index (κ2) is 7.65. The molecule has 1 saturated heterocycles. The first-order chi connectivity index (χ1) is 9.31. The topological polar surface area (TPSA) is 49.4 Å². The lowest BCUT2D eigenvalue weighted by Gasteiger charge is -2.33. The Morgan fingerprint density at radius 3 is 2.30 bits per heavy atom. The third kappa shape index (κ3) is 6.40. The van der Waals surface area contributed by atoms with Crippen LogP contribution in [-0.2, 0) is 9.59 Å². The second-order valence-corrected chi connectivity index (χ2v) is 7.06. The Hall–Kier alpha value is -1.06. The first-order valence-corrected chi connectivity index (χ1v) is 7.89. The SMILES string of the molecule is CCCCC(=O)N1CCC(NC(=O)CC(C)(C)C)CC1. The van der Waals surface area contributed by atoms with Gasteiger partial charge < -0.3 is 10.2 Å². The van der Waals surface area contributed by atoms with E-state index in [-0.39, 0.29) is 23.3 Å². The zero-order valence-electron chi connectivity index (χ0n) is 13.5. The molecule has 2 amide bonds. The molecule has 1 aliphatic heterocycles. The van der Waals surface area contributed by atoms with Gasteiger partial charge in [-0.1, -0.05) is 34.1 Å². The number of piperidine rings is 1. The smallest absolute Gasteiger partial charge is 0.222 e. The van der Waals surface area contributed by atoms with E-state index in [2.05, 4.69) is 33.0 Å². The molecule has 116 valence electrons. The highest BCUT2D eigenvalue weighted by molar-refractivity contribution is 5.77. The number of likely N-dealkylation sites (tertiary alicyclic amines) is 1. The molecule has 0 unspecified atom stereocenters. The molecule has 0 saturated carbocycles. The van der Waals surface area contributed by atoms with Crippen molar-refractivity contribution >= 4 is 11.8 Å². The van der Waals surface area contributed by atoms with Crippen LogP contribution in [0.3, 0.4) is 0 Å². The summed E-state index contributed by atoms with van der Waals surface area (Å²) in [7, 11) is 0. The molecular weight excluding hydrogens is 252 g/mol. The molecule has 0 aromatic rings. The molecule has 1 heterocycles. The standard InChI is InChI=1S/C16H30N2O2/c1-5-6-7-15(20)18-10-8-13(9-11-18)17-14(19)12-16(2,3)4/h13H,5-12H2,1-4H3,(H,17,19). The lowest BCUT2D eigenvalue weighted by Crippen LogP contribution is -2.47. The predicted octanol–water partition coefficient (Wildman–Crippen LogP) is 2.72. The fourth-order valence-corrected chi connectivity index (χ4v) is 2.52. The first kappa shape index (κ1) is 17.0. The summed E-state index contributed by atoms with van der Waals surface area (Å²) in [5, 5.41) is 3.10. The zero-order valence-corrected chi connectivity index (χ0v) is 13.5. The summed E-state index contributed by atoms with van der Waals surface area (Å²) in [6.07, 6.45) is 5.02. The van der Waals surface area contributed by atoms with Gasteiger partial charge in [0.2, 0.25) is 11.8 Å². The fraction of sp³-hybridized carbons (Fsp3) is 0.875. The van der Waals surface area contributed by atoms with Gasteiger partial charge in [0, 0.05) is 32.0 Å². The Bertz CT molecular complexity index is 326. The molecule has 4 nitrogen and oxygen atoms in total. The summed E-state index contributed by atoms with van der Waals surface area (Å²) >= 11 is 0. The molecule has 0 aliphatic carbocycles. The van der Waals surface area contributed by atoms with E-state index in [1.807, 2.05) is 4.90 Å². The molecule has 0 aromatic heterocycles. The van der Waals surface area contributed by atoms with Crippen molar-refractivity contribution in [3.05, 3.63) is 0 Å². The van der Waals surface area contributed by atoms with Crippen molar-refractivity contribution in [1.29, 1.82) is 0 Å². The van der Waals surface area contributed by atoms with Crippen LogP contribution in [0.4, 0.5) is 0 Å². The highest BCUT2D eigenvalue weighted by Crippen LogP contribution is 2.19. The molecule has 4 heteroatoms. The number of hydrogen-bond donors (Lipinski definition) is 1. The molecule has 20 heavy (non-hydrogen) atoms. The Kier molecular flexibility index (Phi) is 6.50. The summed E-state index contributed by atoms with van der Waals surface area (Å²) in [5.74, 6) is 0.402. The van der Waals surface area contributed by atoms with E-state index in [1.165, 1.54) is 0 Å². The van der Waals surface area contributed by atoms with Crippen molar-refractivity contribution in [2.45, 2.75) is 72.3 Å². The van der Waals surface area contributed by atoms with E-state index in [0.717, 1.165) is 38.8 Å². The quantitative estimate of drug-likeness (QED) is 0.843.